The van der Waals surface area contributed by atoms with Crippen LogP contribution in [-0.4, -0.2) is 67.5 Å². The van der Waals surface area contributed by atoms with Crippen LogP contribution in [0.25, 0.3) is 10.1 Å². The van der Waals surface area contributed by atoms with Gasteiger partial charge in [0.1, 0.15) is 30.5 Å². The number of rotatable bonds is 10. The Morgan fingerprint density at radius 3 is 2.80 bits per heavy atom. The van der Waals surface area contributed by atoms with E-state index in [1.807, 2.05) is 55.6 Å². The summed E-state index contributed by atoms with van der Waals surface area (Å²) in [5.41, 5.74) is 11.1. The molecule has 0 spiro atoms. The van der Waals surface area contributed by atoms with Crippen LogP contribution in [0.4, 0.5) is 5.69 Å². The minimum atomic E-state index is -1.05. The fourth-order valence-corrected chi connectivity index (χ4v) is 6.90. The SMILES string of the molecule is CC[C@H](C)[C@H](NC(=O)Cc1csc2ccccc12)C(=O)N[C@H]1COc2cccc3c2N(C1=O)[C@H](C(=O)NCC1CNNN1)C3. The molecule has 13 heteroatoms. The van der Waals surface area contributed by atoms with Crippen LogP contribution in [-0.2, 0) is 32.0 Å². The molecule has 1 aromatic heterocycles. The second-order valence-corrected chi connectivity index (χ2v) is 12.4. The molecular weight excluding hydrogens is 582 g/mol. The quantitative estimate of drug-likeness (QED) is 0.196. The summed E-state index contributed by atoms with van der Waals surface area (Å²) < 4.78 is 7.13. The minimum Gasteiger partial charge on any atom is -0.489 e. The van der Waals surface area contributed by atoms with Crippen molar-refractivity contribution in [1.29, 1.82) is 0 Å². The van der Waals surface area contributed by atoms with Crippen molar-refractivity contribution in [2.24, 2.45) is 5.92 Å². The number of hydrazine groups is 2. The predicted molar refractivity (Wildman–Crippen MR) is 167 cm³/mol. The first-order valence-electron chi connectivity index (χ1n) is 15.0. The molecule has 4 heterocycles. The van der Waals surface area contributed by atoms with Gasteiger partial charge in [0.25, 0.3) is 5.91 Å². The zero-order chi connectivity index (χ0) is 30.8. The average molecular weight is 620 g/mol. The molecule has 0 aliphatic carbocycles. The maximum absolute atomic E-state index is 14.0. The third kappa shape index (κ3) is 6.00. The van der Waals surface area contributed by atoms with Crippen molar-refractivity contribution in [3.8, 4) is 5.75 Å². The fraction of sp³-hybridized carbons (Fsp3) is 0.419. The number of benzene rings is 2. The van der Waals surface area contributed by atoms with Crippen molar-refractivity contribution >= 4 is 50.7 Å². The third-order valence-electron chi connectivity index (χ3n) is 8.57. The Labute approximate surface area is 259 Å². The molecule has 5 atom stereocenters. The van der Waals surface area contributed by atoms with Crippen molar-refractivity contribution in [1.82, 2.24) is 32.3 Å². The lowest BCUT2D eigenvalue weighted by Crippen LogP contribution is -2.59. The molecule has 0 bridgehead atoms. The van der Waals surface area contributed by atoms with Crippen LogP contribution in [0.2, 0.25) is 0 Å². The average Bonchev–Trinajstić information content (AvgIpc) is 3.77. The van der Waals surface area contributed by atoms with Gasteiger partial charge in [-0.1, -0.05) is 50.6 Å². The lowest BCUT2D eigenvalue weighted by atomic mass is 9.97. The van der Waals surface area contributed by atoms with Crippen molar-refractivity contribution in [3.05, 3.63) is 59.0 Å². The molecule has 0 saturated carbocycles. The summed E-state index contributed by atoms with van der Waals surface area (Å²) in [4.78, 5) is 55.8. The Kier molecular flexibility index (Phi) is 8.80. The summed E-state index contributed by atoms with van der Waals surface area (Å²) in [6, 6.07) is 10.7. The summed E-state index contributed by atoms with van der Waals surface area (Å²) >= 11 is 1.58. The summed E-state index contributed by atoms with van der Waals surface area (Å²) in [5.74, 6) is -1.16. The zero-order valence-electron chi connectivity index (χ0n) is 24.6. The number of fused-ring (bicyclic) bond motifs is 1. The topological polar surface area (TPSA) is 153 Å². The highest BCUT2D eigenvalue weighted by atomic mass is 32.1. The summed E-state index contributed by atoms with van der Waals surface area (Å²) in [6.45, 7) is 4.75. The number of thiophene rings is 1. The van der Waals surface area contributed by atoms with E-state index in [0.29, 0.717) is 37.4 Å². The molecule has 2 aromatic carbocycles. The smallest absolute Gasteiger partial charge is 0.253 e. The van der Waals surface area contributed by atoms with Gasteiger partial charge in [-0.05, 0) is 39.9 Å². The van der Waals surface area contributed by atoms with Gasteiger partial charge in [-0.25, -0.2) is 10.9 Å². The van der Waals surface area contributed by atoms with Gasteiger partial charge in [0.05, 0.1) is 18.2 Å². The molecule has 4 amide bonds. The zero-order valence-corrected chi connectivity index (χ0v) is 25.5. The Morgan fingerprint density at radius 2 is 2.00 bits per heavy atom. The molecule has 0 radical (unpaired) electrons. The van der Waals surface area contributed by atoms with Crippen molar-refractivity contribution in [2.75, 3.05) is 24.6 Å². The fourth-order valence-electron chi connectivity index (χ4n) is 5.94. The van der Waals surface area contributed by atoms with Crippen molar-refractivity contribution < 1.29 is 23.9 Å². The number of nitrogens with one attached hydrogen (secondary N) is 6. The van der Waals surface area contributed by atoms with E-state index in [1.54, 1.807) is 17.4 Å². The van der Waals surface area contributed by atoms with Gasteiger partial charge < -0.3 is 20.7 Å². The largest absolute Gasteiger partial charge is 0.489 e. The Morgan fingerprint density at radius 1 is 1.16 bits per heavy atom. The molecule has 232 valence electrons. The van der Waals surface area contributed by atoms with Crippen LogP contribution in [0.15, 0.2) is 47.8 Å². The Bertz CT molecular complexity index is 1570. The third-order valence-corrected chi connectivity index (χ3v) is 9.58. The number of para-hydroxylation sites is 1. The normalized spacial score (nSPS) is 22.1. The van der Waals surface area contributed by atoms with E-state index in [4.69, 9.17) is 4.74 Å². The first-order chi connectivity index (χ1) is 21.3. The van der Waals surface area contributed by atoms with Crippen LogP contribution in [0, 0.1) is 5.92 Å². The van der Waals surface area contributed by atoms with Gasteiger partial charge in [0, 0.05) is 24.2 Å². The van der Waals surface area contributed by atoms with Gasteiger partial charge in [-0.2, -0.15) is 5.53 Å². The van der Waals surface area contributed by atoms with E-state index in [9.17, 15) is 19.2 Å². The van der Waals surface area contributed by atoms with Crippen molar-refractivity contribution in [3.63, 3.8) is 0 Å². The highest BCUT2D eigenvalue weighted by molar-refractivity contribution is 7.17. The molecule has 1 saturated heterocycles. The van der Waals surface area contributed by atoms with Crippen LogP contribution in [0.3, 0.4) is 0 Å². The van der Waals surface area contributed by atoms with Crippen LogP contribution in [0.5, 0.6) is 5.75 Å². The van der Waals surface area contributed by atoms with E-state index in [0.717, 1.165) is 21.2 Å². The molecule has 1 fully saturated rings. The number of ether oxygens (including phenoxy) is 1. The molecule has 3 aliphatic rings. The number of nitrogens with zero attached hydrogens (tertiary/aromatic N) is 1. The van der Waals surface area contributed by atoms with Crippen LogP contribution in [0.1, 0.15) is 31.4 Å². The van der Waals surface area contributed by atoms with E-state index < -0.39 is 29.9 Å². The van der Waals surface area contributed by atoms with Gasteiger partial charge in [0.2, 0.25) is 17.7 Å². The molecule has 1 unspecified atom stereocenters. The van der Waals surface area contributed by atoms with E-state index in [1.165, 1.54) is 4.90 Å². The summed E-state index contributed by atoms with van der Waals surface area (Å²) in [7, 11) is 0. The van der Waals surface area contributed by atoms with Crippen LogP contribution >= 0.6 is 11.3 Å². The Hall–Kier alpha value is -4.04. The van der Waals surface area contributed by atoms with E-state index >= 15 is 0 Å². The molecule has 3 aromatic rings. The number of anilines is 1. The number of carbonyl (C=O) groups excluding carboxylic acids is 4. The van der Waals surface area contributed by atoms with Gasteiger partial charge >= 0.3 is 0 Å². The number of hydrogen-bond acceptors (Lipinski definition) is 9. The van der Waals surface area contributed by atoms with Crippen LogP contribution < -0.4 is 42.0 Å². The van der Waals surface area contributed by atoms with Gasteiger partial charge in [-0.15, -0.1) is 11.3 Å². The molecule has 3 aliphatic heterocycles. The second-order valence-electron chi connectivity index (χ2n) is 11.5. The maximum atomic E-state index is 14.0. The van der Waals surface area contributed by atoms with E-state index in [-0.39, 0.29) is 36.8 Å². The maximum Gasteiger partial charge on any atom is 0.253 e. The molecule has 12 nitrogen and oxygen atoms in total. The van der Waals surface area contributed by atoms with E-state index in [2.05, 4.69) is 32.3 Å². The summed E-state index contributed by atoms with van der Waals surface area (Å²) in [5, 5.41) is 11.7. The monoisotopic (exact) mass is 619 g/mol. The molecular formula is C31H37N7O5S. The number of carbonyl (C=O) groups is 4. The summed E-state index contributed by atoms with van der Waals surface area (Å²) in [6.07, 6.45) is 1.11. The number of amides is 4. The first kappa shape index (κ1) is 30.0. The highest BCUT2D eigenvalue weighted by Crippen LogP contribution is 2.42. The minimum absolute atomic E-state index is 0.000323. The van der Waals surface area contributed by atoms with Gasteiger partial charge in [0.15, 0.2) is 0 Å². The standard InChI is InChI=1S/C31H37N7O5S/c1-3-17(2)27(35-26(39)12-19-16-44-25-10-5-4-8-21(19)25)30(41)34-22-15-43-24-9-6-7-18-11-23(38(28(18)24)31(22)42)29(40)32-13-20-14-33-37-36-20/h4-10,16-17,20,22-23,27,33,36-37H,3,11-15H2,1-2H3,(H,32,40)(H,34,41)(H,35,39)/t17-,20?,22-,23-,27-/m0/s1. The Balaban J connectivity index is 1.17. The first-order valence-corrected chi connectivity index (χ1v) is 15.9. The lowest BCUT2D eigenvalue weighted by Gasteiger charge is -2.29. The highest BCUT2D eigenvalue weighted by Gasteiger charge is 2.45. The predicted octanol–water partition coefficient (Wildman–Crippen LogP) is 0.907. The molecule has 6 N–H and O–H groups in total. The molecule has 6 rings (SSSR count). The molecule has 44 heavy (non-hydrogen) atoms. The van der Waals surface area contributed by atoms with Gasteiger partial charge in [-0.3, -0.25) is 24.1 Å². The second kappa shape index (κ2) is 12.9. The number of hydrogen-bond donors (Lipinski definition) is 6. The lowest BCUT2D eigenvalue weighted by molar-refractivity contribution is -0.133. The van der Waals surface area contributed by atoms with Crippen molar-refractivity contribution in [2.45, 2.75) is 57.3 Å².